The van der Waals surface area contributed by atoms with Gasteiger partial charge in [0.15, 0.2) is 13.2 Å². The van der Waals surface area contributed by atoms with E-state index in [4.69, 9.17) is 14.2 Å². The number of carbonyl (C=O) groups is 3. The molecule has 0 unspecified atom stereocenters. The minimum Gasteiger partial charge on any atom is -0.482 e. The fraction of sp³-hybridized carbons (Fsp3) is 0.550. The molecule has 150 valence electrons. The zero-order valence-electron chi connectivity index (χ0n) is 16.5. The Kier molecular flexibility index (Phi) is 9.93. The summed E-state index contributed by atoms with van der Waals surface area (Å²) < 4.78 is 15.3. The highest BCUT2D eigenvalue weighted by atomic mass is 16.6. The molecule has 0 aliphatic rings. The Morgan fingerprint density at radius 3 is 2.48 bits per heavy atom. The molecule has 1 aromatic rings. The number of nitrogens with one attached hydrogen (secondary N) is 1. The SMILES string of the molecule is CCOC(=O)CCCNC(=O)COC(=O)COc1cc(C)ccc1C(C)C. The number of hydrogen-bond donors (Lipinski definition) is 1. The molecule has 0 radical (unpaired) electrons. The summed E-state index contributed by atoms with van der Waals surface area (Å²) in [4.78, 5) is 34.6. The number of esters is 2. The van der Waals surface area contributed by atoms with Crippen molar-refractivity contribution >= 4 is 17.8 Å². The van der Waals surface area contributed by atoms with Gasteiger partial charge in [-0.2, -0.15) is 0 Å². The molecule has 7 nitrogen and oxygen atoms in total. The molecule has 0 bridgehead atoms. The highest BCUT2D eigenvalue weighted by Crippen LogP contribution is 2.27. The third-order valence-corrected chi connectivity index (χ3v) is 3.69. The Morgan fingerprint density at radius 1 is 1.07 bits per heavy atom. The maximum Gasteiger partial charge on any atom is 0.344 e. The van der Waals surface area contributed by atoms with Crippen molar-refractivity contribution in [2.24, 2.45) is 0 Å². The van der Waals surface area contributed by atoms with Gasteiger partial charge in [0.2, 0.25) is 0 Å². The molecular formula is C20H29NO6. The monoisotopic (exact) mass is 379 g/mol. The number of amides is 1. The van der Waals surface area contributed by atoms with Crippen molar-refractivity contribution in [1.29, 1.82) is 0 Å². The first kappa shape index (κ1) is 22.5. The van der Waals surface area contributed by atoms with Crippen molar-refractivity contribution in [2.45, 2.75) is 46.5 Å². The third-order valence-electron chi connectivity index (χ3n) is 3.69. The van der Waals surface area contributed by atoms with E-state index in [2.05, 4.69) is 5.32 Å². The van der Waals surface area contributed by atoms with Crippen LogP contribution in [-0.4, -0.2) is 44.2 Å². The van der Waals surface area contributed by atoms with E-state index in [0.29, 0.717) is 25.3 Å². The molecule has 0 aromatic heterocycles. The van der Waals surface area contributed by atoms with Crippen molar-refractivity contribution in [3.63, 3.8) is 0 Å². The Morgan fingerprint density at radius 2 is 1.81 bits per heavy atom. The Balaban J connectivity index is 2.28. The molecular weight excluding hydrogens is 350 g/mol. The molecule has 0 saturated heterocycles. The van der Waals surface area contributed by atoms with Crippen LogP contribution < -0.4 is 10.1 Å². The summed E-state index contributed by atoms with van der Waals surface area (Å²) in [5.74, 6) is -0.437. The van der Waals surface area contributed by atoms with Crippen molar-refractivity contribution in [2.75, 3.05) is 26.4 Å². The van der Waals surface area contributed by atoms with Crippen molar-refractivity contribution in [3.05, 3.63) is 29.3 Å². The van der Waals surface area contributed by atoms with E-state index >= 15 is 0 Å². The molecule has 1 rings (SSSR count). The van der Waals surface area contributed by atoms with Gasteiger partial charge in [-0.3, -0.25) is 9.59 Å². The average Bonchev–Trinajstić information content (AvgIpc) is 2.61. The predicted octanol–water partition coefficient (Wildman–Crippen LogP) is 2.50. The van der Waals surface area contributed by atoms with Crippen LogP contribution in [0, 0.1) is 6.92 Å². The highest BCUT2D eigenvalue weighted by molar-refractivity contribution is 5.81. The lowest BCUT2D eigenvalue weighted by Gasteiger charge is -2.14. The number of benzene rings is 1. The van der Waals surface area contributed by atoms with Gasteiger partial charge in [-0.15, -0.1) is 0 Å². The van der Waals surface area contributed by atoms with Crippen molar-refractivity contribution in [1.82, 2.24) is 5.32 Å². The minimum absolute atomic E-state index is 0.233. The van der Waals surface area contributed by atoms with E-state index in [1.165, 1.54) is 0 Å². The summed E-state index contributed by atoms with van der Waals surface area (Å²) in [5.41, 5.74) is 2.04. The fourth-order valence-corrected chi connectivity index (χ4v) is 2.31. The normalized spacial score (nSPS) is 10.4. The number of hydrogen-bond acceptors (Lipinski definition) is 6. The van der Waals surface area contributed by atoms with Gasteiger partial charge < -0.3 is 19.5 Å². The second-order valence-electron chi connectivity index (χ2n) is 6.40. The van der Waals surface area contributed by atoms with Gasteiger partial charge in [-0.25, -0.2) is 4.79 Å². The smallest absolute Gasteiger partial charge is 0.344 e. The van der Waals surface area contributed by atoms with Gasteiger partial charge in [0.25, 0.3) is 5.91 Å². The fourth-order valence-electron chi connectivity index (χ4n) is 2.31. The second kappa shape index (κ2) is 11.9. The maximum atomic E-state index is 11.8. The minimum atomic E-state index is -0.618. The number of rotatable bonds is 11. The van der Waals surface area contributed by atoms with Gasteiger partial charge in [0.05, 0.1) is 6.61 Å². The van der Waals surface area contributed by atoms with Gasteiger partial charge in [-0.05, 0) is 43.4 Å². The van der Waals surface area contributed by atoms with Gasteiger partial charge in [0, 0.05) is 13.0 Å². The lowest BCUT2D eigenvalue weighted by molar-refractivity contribution is -0.150. The van der Waals surface area contributed by atoms with Gasteiger partial charge in [0.1, 0.15) is 5.75 Å². The van der Waals surface area contributed by atoms with E-state index in [1.807, 2.05) is 39.0 Å². The van der Waals surface area contributed by atoms with Crippen LogP contribution in [0.15, 0.2) is 18.2 Å². The highest BCUT2D eigenvalue weighted by Gasteiger charge is 2.12. The molecule has 7 heteroatoms. The van der Waals surface area contributed by atoms with Crippen LogP contribution in [0.3, 0.4) is 0 Å². The molecule has 0 spiro atoms. The number of carbonyl (C=O) groups excluding carboxylic acids is 3. The second-order valence-corrected chi connectivity index (χ2v) is 6.40. The largest absolute Gasteiger partial charge is 0.482 e. The number of ether oxygens (including phenoxy) is 3. The molecule has 0 aliphatic heterocycles. The van der Waals surface area contributed by atoms with E-state index in [9.17, 15) is 14.4 Å². The molecule has 0 fully saturated rings. The maximum absolute atomic E-state index is 11.8. The lowest BCUT2D eigenvalue weighted by Crippen LogP contribution is -2.31. The molecule has 0 heterocycles. The van der Waals surface area contributed by atoms with E-state index in [0.717, 1.165) is 11.1 Å². The molecule has 27 heavy (non-hydrogen) atoms. The topological polar surface area (TPSA) is 90.9 Å². The Hall–Kier alpha value is -2.57. The van der Waals surface area contributed by atoms with Crippen LogP contribution in [0.4, 0.5) is 0 Å². The molecule has 0 aliphatic carbocycles. The zero-order valence-corrected chi connectivity index (χ0v) is 16.5. The van der Waals surface area contributed by atoms with Crippen molar-refractivity contribution < 1.29 is 28.6 Å². The first-order valence-electron chi connectivity index (χ1n) is 9.14. The van der Waals surface area contributed by atoms with Crippen LogP contribution in [-0.2, 0) is 23.9 Å². The Labute approximate surface area is 160 Å². The summed E-state index contributed by atoms with van der Waals surface area (Å²) in [6.07, 6.45) is 0.698. The standard InChI is InChI=1S/C20H29NO6/c1-5-25-19(23)7-6-10-21-18(22)12-27-20(24)13-26-17-11-15(4)8-9-16(17)14(2)3/h8-9,11,14H,5-7,10,12-13H2,1-4H3,(H,21,22). The van der Waals surface area contributed by atoms with Crippen LogP contribution >= 0.6 is 0 Å². The predicted molar refractivity (Wildman–Crippen MR) is 101 cm³/mol. The van der Waals surface area contributed by atoms with Gasteiger partial charge in [-0.1, -0.05) is 26.0 Å². The van der Waals surface area contributed by atoms with Crippen LogP contribution in [0.1, 0.15) is 50.7 Å². The first-order chi connectivity index (χ1) is 12.8. The summed E-state index contributed by atoms with van der Waals surface area (Å²) in [6, 6.07) is 5.84. The Bertz CT molecular complexity index is 641. The quantitative estimate of drug-likeness (QED) is 0.469. The number of aryl methyl sites for hydroxylation is 1. The van der Waals surface area contributed by atoms with E-state index in [1.54, 1.807) is 6.92 Å². The third kappa shape index (κ3) is 9.08. The summed E-state index contributed by atoms with van der Waals surface area (Å²) >= 11 is 0. The lowest BCUT2D eigenvalue weighted by atomic mass is 10.0. The van der Waals surface area contributed by atoms with Crippen LogP contribution in [0.25, 0.3) is 0 Å². The molecule has 1 amide bonds. The molecule has 0 saturated carbocycles. The van der Waals surface area contributed by atoms with E-state index < -0.39 is 11.9 Å². The molecule has 0 atom stereocenters. The summed E-state index contributed by atoms with van der Waals surface area (Å²) in [7, 11) is 0. The molecule has 1 N–H and O–H groups in total. The van der Waals surface area contributed by atoms with Crippen LogP contribution in [0.2, 0.25) is 0 Å². The zero-order chi connectivity index (χ0) is 20.2. The molecule has 1 aromatic carbocycles. The summed E-state index contributed by atoms with van der Waals surface area (Å²) in [6.45, 7) is 7.77. The summed E-state index contributed by atoms with van der Waals surface area (Å²) in [5, 5.41) is 2.58. The van der Waals surface area contributed by atoms with Gasteiger partial charge >= 0.3 is 11.9 Å². The average molecular weight is 379 g/mol. The van der Waals surface area contributed by atoms with E-state index in [-0.39, 0.29) is 31.5 Å². The van der Waals surface area contributed by atoms with Crippen LogP contribution in [0.5, 0.6) is 5.75 Å². The van der Waals surface area contributed by atoms with Crippen molar-refractivity contribution in [3.8, 4) is 5.75 Å². The first-order valence-corrected chi connectivity index (χ1v) is 9.14.